The molecule has 1 rings (SSSR count). The van der Waals surface area contributed by atoms with Crippen LogP contribution in [0.4, 0.5) is 0 Å². The number of ether oxygens (including phenoxy) is 2. The van der Waals surface area contributed by atoms with Crippen molar-refractivity contribution in [3.05, 3.63) is 36.5 Å². The van der Waals surface area contributed by atoms with Crippen molar-refractivity contribution in [1.29, 1.82) is 0 Å². The van der Waals surface area contributed by atoms with Gasteiger partial charge in [-0.05, 0) is 44.9 Å². The zero-order valence-corrected chi connectivity index (χ0v) is 47.5. The Labute approximate surface area is 447 Å². The second kappa shape index (κ2) is 49.9. The molecule has 0 radical (unpaired) electrons. The normalized spacial score (nSPS) is 19.5. The maximum Gasteiger partial charge on any atom is 0.397 e. The van der Waals surface area contributed by atoms with Crippen LogP contribution in [0.1, 0.15) is 284 Å². The quantitative estimate of drug-likeness (QED) is 0.0193. The molecule has 0 aliphatic carbocycles. The van der Waals surface area contributed by atoms with Crippen LogP contribution in [0.15, 0.2) is 36.5 Å². The molecule has 6 N–H and O–H groups in total. The van der Waals surface area contributed by atoms with Gasteiger partial charge in [-0.1, -0.05) is 269 Å². The molecule has 430 valence electrons. The standard InChI is InChI=1S/C60H113NO11S/c1-3-5-7-9-11-13-15-17-19-21-23-25-26-27-28-30-31-33-35-37-39-41-43-45-47-49-54(63)53(52-70-60-58(66)59(72-73(67,68)69)57(65)55(51-62)71-60)61-56(64)50-48-46-44-42-40-38-36-34-32-29-24-22-20-18-16-14-12-10-8-6-4-2/h6,8,12,14,47,49,53-55,57-60,62-63,65-66H,3-5,7,9-11,13,15-46,48,50-52H2,1-2H3,(H,61,64)(H,67,68,69)/b8-6-,14-12-,49-47+. The molecule has 7 atom stereocenters. The van der Waals surface area contributed by atoms with Crippen molar-refractivity contribution in [3.8, 4) is 0 Å². The van der Waals surface area contributed by atoms with Crippen LogP contribution in [0.3, 0.4) is 0 Å². The number of amides is 1. The van der Waals surface area contributed by atoms with Crippen LogP contribution >= 0.6 is 0 Å². The molecule has 0 aromatic heterocycles. The first-order valence-corrected chi connectivity index (χ1v) is 31.7. The second-order valence-corrected chi connectivity index (χ2v) is 22.3. The highest BCUT2D eigenvalue weighted by Gasteiger charge is 2.48. The minimum atomic E-state index is -5.09. The molecule has 7 unspecified atom stereocenters. The van der Waals surface area contributed by atoms with Crippen molar-refractivity contribution in [3.63, 3.8) is 0 Å². The van der Waals surface area contributed by atoms with Gasteiger partial charge in [0.25, 0.3) is 0 Å². The maximum absolute atomic E-state index is 13.1. The Morgan fingerprint density at radius 1 is 0.562 bits per heavy atom. The fourth-order valence-corrected chi connectivity index (χ4v) is 10.3. The van der Waals surface area contributed by atoms with Crippen molar-refractivity contribution in [2.45, 2.75) is 326 Å². The van der Waals surface area contributed by atoms with Gasteiger partial charge < -0.3 is 35.2 Å². The smallest absolute Gasteiger partial charge is 0.394 e. The van der Waals surface area contributed by atoms with Crippen LogP contribution in [0.2, 0.25) is 0 Å². The van der Waals surface area contributed by atoms with Gasteiger partial charge in [-0.15, -0.1) is 0 Å². The fraction of sp³-hybridized carbons (Fsp3) is 0.883. The largest absolute Gasteiger partial charge is 0.397 e. The van der Waals surface area contributed by atoms with E-state index in [1.165, 1.54) is 205 Å². The molecule has 1 amide bonds. The van der Waals surface area contributed by atoms with Crippen LogP contribution in [0.25, 0.3) is 0 Å². The first-order chi connectivity index (χ1) is 35.5. The van der Waals surface area contributed by atoms with E-state index in [4.69, 9.17) is 9.47 Å². The van der Waals surface area contributed by atoms with E-state index in [1.54, 1.807) is 6.08 Å². The van der Waals surface area contributed by atoms with Crippen molar-refractivity contribution < 1.29 is 51.8 Å². The average Bonchev–Trinajstić information content (AvgIpc) is 3.37. The Morgan fingerprint density at radius 3 is 1.37 bits per heavy atom. The van der Waals surface area contributed by atoms with E-state index in [0.717, 1.165) is 51.4 Å². The van der Waals surface area contributed by atoms with Crippen LogP contribution in [-0.4, -0.2) is 95.4 Å². The van der Waals surface area contributed by atoms with Crippen LogP contribution in [0, 0.1) is 0 Å². The number of carbonyl (C=O) groups excluding carboxylic acids is 1. The lowest BCUT2D eigenvalue weighted by Gasteiger charge is -2.41. The maximum atomic E-state index is 13.1. The predicted molar refractivity (Wildman–Crippen MR) is 301 cm³/mol. The topological polar surface area (TPSA) is 192 Å². The molecule has 0 aromatic rings. The molecule has 0 bridgehead atoms. The van der Waals surface area contributed by atoms with Crippen LogP contribution in [0.5, 0.6) is 0 Å². The van der Waals surface area contributed by atoms with Crippen LogP contribution in [-0.2, 0) is 28.9 Å². The van der Waals surface area contributed by atoms with Gasteiger partial charge in [-0.2, -0.15) is 8.42 Å². The molecular weight excluding hydrogens is 943 g/mol. The molecule has 1 aliphatic rings. The van der Waals surface area contributed by atoms with E-state index in [1.807, 2.05) is 6.08 Å². The zero-order chi connectivity index (χ0) is 53.3. The Hall–Kier alpha value is -1.68. The molecule has 1 saturated heterocycles. The summed E-state index contributed by atoms with van der Waals surface area (Å²) < 4.78 is 47.9. The first kappa shape index (κ1) is 69.3. The molecule has 12 nitrogen and oxygen atoms in total. The summed E-state index contributed by atoms with van der Waals surface area (Å²) in [5.74, 6) is -0.260. The third kappa shape index (κ3) is 42.1. The predicted octanol–water partition coefficient (Wildman–Crippen LogP) is 14.6. The number of aliphatic hydroxyl groups excluding tert-OH is 4. The van der Waals surface area contributed by atoms with Crippen molar-refractivity contribution >= 4 is 16.3 Å². The van der Waals surface area contributed by atoms with Gasteiger partial charge in [0.1, 0.15) is 24.4 Å². The number of hydrogen-bond donors (Lipinski definition) is 6. The van der Waals surface area contributed by atoms with E-state index in [-0.39, 0.29) is 18.9 Å². The summed E-state index contributed by atoms with van der Waals surface area (Å²) in [6.07, 6.45) is 54.8. The Kier molecular flexibility index (Phi) is 47.4. The summed E-state index contributed by atoms with van der Waals surface area (Å²) in [6, 6.07) is -0.945. The average molecular weight is 1060 g/mol. The van der Waals surface area contributed by atoms with Gasteiger partial charge in [0.15, 0.2) is 6.29 Å². The number of allylic oxidation sites excluding steroid dienone is 5. The van der Waals surface area contributed by atoms with Crippen molar-refractivity contribution in [2.75, 3.05) is 13.2 Å². The van der Waals surface area contributed by atoms with Gasteiger partial charge in [-0.25, -0.2) is 4.18 Å². The number of rotatable bonds is 53. The summed E-state index contributed by atoms with van der Waals surface area (Å²) in [6.45, 7) is 3.34. The second-order valence-electron chi connectivity index (χ2n) is 21.3. The Bertz CT molecular complexity index is 1430. The molecule has 1 heterocycles. The monoisotopic (exact) mass is 1060 g/mol. The molecule has 73 heavy (non-hydrogen) atoms. The lowest BCUT2D eigenvalue weighted by atomic mass is 9.99. The molecule has 1 aliphatic heterocycles. The first-order valence-electron chi connectivity index (χ1n) is 30.4. The van der Waals surface area contributed by atoms with Gasteiger partial charge in [-0.3, -0.25) is 9.35 Å². The number of carbonyl (C=O) groups is 1. The Balaban J connectivity index is 2.34. The third-order valence-corrected chi connectivity index (χ3v) is 14.9. The molecule has 0 spiro atoms. The minimum absolute atomic E-state index is 0.260. The highest BCUT2D eigenvalue weighted by molar-refractivity contribution is 7.80. The number of nitrogens with one attached hydrogen (secondary N) is 1. The number of aliphatic hydroxyl groups is 4. The summed E-state index contributed by atoms with van der Waals surface area (Å²) >= 11 is 0. The van der Waals surface area contributed by atoms with Crippen LogP contribution < -0.4 is 5.32 Å². The summed E-state index contributed by atoms with van der Waals surface area (Å²) in [7, 11) is -5.09. The molecule has 0 aromatic carbocycles. The SMILES string of the molecule is CC/C=C\C/C=C\CCCCCCCCCCCCCCCCC(=O)NC(COC1OC(CO)C(O)C(OS(=O)(=O)O)C1O)C(O)/C=C/CCCCCCCCCCCCCCCCCCCCCCCCC. The summed E-state index contributed by atoms with van der Waals surface area (Å²) in [5, 5.41) is 45.0. The molecule has 1 fully saturated rings. The van der Waals surface area contributed by atoms with E-state index < -0.39 is 59.9 Å². The summed E-state index contributed by atoms with van der Waals surface area (Å²) in [5.41, 5.74) is 0. The number of hydrogen-bond acceptors (Lipinski definition) is 10. The van der Waals surface area contributed by atoms with Gasteiger partial charge in [0, 0.05) is 6.42 Å². The fourth-order valence-electron chi connectivity index (χ4n) is 9.79. The van der Waals surface area contributed by atoms with E-state index in [2.05, 4.69) is 47.7 Å². The number of unbranched alkanes of at least 4 members (excludes halogenated alkanes) is 37. The zero-order valence-electron chi connectivity index (χ0n) is 46.7. The van der Waals surface area contributed by atoms with E-state index >= 15 is 0 Å². The molecule has 13 heteroatoms. The van der Waals surface area contributed by atoms with Gasteiger partial charge >= 0.3 is 10.4 Å². The third-order valence-electron chi connectivity index (χ3n) is 14.4. The summed E-state index contributed by atoms with van der Waals surface area (Å²) in [4.78, 5) is 13.1. The highest BCUT2D eigenvalue weighted by atomic mass is 32.3. The highest BCUT2D eigenvalue weighted by Crippen LogP contribution is 2.26. The van der Waals surface area contributed by atoms with Crippen molar-refractivity contribution in [2.24, 2.45) is 0 Å². The molecule has 0 saturated carbocycles. The minimum Gasteiger partial charge on any atom is -0.394 e. The lowest BCUT2D eigenvalue weighted by molar-refractivity contribution is -0.298. The van der Waals surface area contributed by atoms with Gasteiger partial charge in [0.05, 0.1) is 25.4 Å². The van der Waals surface area contributed by atoms with Gasteiger partial charge in [0.2, 0.25) is 5.91 Å². The van der Waals surface area contributed by atoms with Crippen molar-refractivity contribution in [1.82, 2.24) is 5.32 Å². The Morgan fingerprint density at radius 2 is 0.959 bits per heavy atom. The lowest BCUT2D eigenvalue weighted by Crippen LogP contribution is -2.61. The molecular formula is C60H113NO11S. The van der Waals surface area contributed by atoms with E-state index in [0.29, 0.717) is 6.42 Å². The van der Waals surface area contributed by atoms with E-state index in [9.17, 15) is 38.2 Å².